The molecule has 1 heterocycles. The smallest absolute Gasteiger partial charge is 0.0815 e. The SMILES string of the molecule is CC(C)OCC1CC(C(C)C)CC(C)O1. The molecule has 1 saturated heterocycles. The summed E-state index contributed by atoms with van der Waals surface area (Å²) in [6, 6.07) is 0. The zero-order valence-corrected chi connectivity index (χ0v) is 10.8. The Morgan fingerprint density at radius 2 is 1.87 bits per heavy atom. The van der Waals surface area contributed by atoms with Gasteiger partial charge in [-0.15, -0.1) is 0 Å². The lowest BCUT2D eigenvalue weighted by atomic mass is 9.84. The van der Waals surface area contributed by atoms with Gasteiger partial charge in [0.15, 0.2) is 0 Å². The van der Waals surface area contributed by atoms with Crippen molar-refractivity contribution in [2.24, 2.45) is 11.8 Å². The maximum Gasteiger partial charge on any atom is 0.0815 e. The van der Waals surface area contributed by atoms with Crippen molar-refractivity contribution in [3.05, 3.63) is 0 Å². The molecule has 3 unspecified atom stereocenters. The second-order valence-electron chi connectivity index (χ2n) is 5.43. The van der Waals surface area contributed by atoms with Crippen molar-refractivity contribution >= 4 is 0 Å². The normalized spacial score (nSPS) is 32.6. The van der Waals surface area contributed by atoms with Crippen molar-refractivity contribution in [1.29, 1.82) is 0 Å². The highest BCUT2D eigenvalue weighted by Gasteiger charge is 2.28. The number of rotatable bonds is 4. The van der Waals surface area contributed by atoms with Crippen molar-refractivity contribution in [1.82, 2.24) is 0 Å². The standard InChI is InChI=1S/C13H26O2/c1-9(2)12-6-11(5)15-13(7-12)8-14-10(3)4/h9-13H,6-8H2,1-5H3. The summed E-state index contributed by atoms with van der Waals surface area (Å²) in [5.74, 6) is 1.56. The van der Waals surface area contributed by atoms with Gasteiger partial charge in [-0.05, 0) is 45.4 Å². The van der Waals surface area contributed by atoms with Crippen molar-refractivity contribution < 1.29 is 9.47 Å². The molecule has 0 aromatic carbocycles. The Bertz CT molecular complexity index is 177. The minimum absolute atomic E-state index is 0.309. The number of ether oxygens (including phenoxy) is 2. The molecule has 0 aromatic heterocycles. The molecule has 0 amide bonds. The molecule has 0 spiro atoms. The molecule has 2 heteroatoms. The van der Waals surface area contributed by atoms with Gasteiger partial charge in [-0.25, -0.2) is 0 Å². The maximum atomic E-state index is 5.89. The summed E-state index contributed by atoms with van der Waals surface area (Å²) < 4.78 is 11.5. The first kappa shape index (κ1) is 13.0. The van der Waals surface area contributed by atoms with E-state index >= 15 is 0 Å². The molecule has 0 radical (unpaired) electrons. The van der Waals surface area contributed by atoms with Crippen LogP contribution in [-0.4, -0.2) is 24.9 Å². The van der Waals surface area contributed by atoms with Crippen molar-refractivity contribution in [2.75, 3.05) is 6.61 Å². The van der Waals surface area contributed by atoms with Crippen LogP contribution in [0.4, 0.5) is 0 Å². The lowest BCUT2D eigenvalue weighted by Crippen LogP contribution is -2.36. The predicted octanol–water partition coefficient (Wildman–Crippen LogP) is 3.25. The van der Waals surface area contributed by atoms with Crippen LogP contribution in [0.3, 0.4) is 0 Å². The fraction of sp³-hybridized carbons (Fsp3) is 1.00. The Labute approximate surface area is 94.3 Å². The first-order chi connectivity index (χ1) is 6.99. The van der Waals surface area contributed by atoms with Crippen molar-refractivity contribution in [3.63, 3.8) is 0 Å². The van der Waals surface area contributed by atoms with Gasteiger partial charge in [-0.2, -0.15) is 0 Å². The summed E-state index contributed by atoms with van der Waals surface area (Å²) in [6.07, 6.45) is 3.38. The van der Waals surface area contributed by atoms with E-state index in [9.17, 15) is 0 Å². The van der Waals surface area contributed by atoms with Crippen LogP contribution in [-0.2, 0) is 9.47 Å². The molecule has 2 nitrogen and oxygen atoms in total. The molecule has 3 atom stereocenters. The molecule has 0 bridgehead atoms. The van der Waals surface area contributed by atoms with Crippen LogP contribution in [0.25, 0.3) is 0 Å². The molecule has 0 N–H and O–H groups in total. The van der Waals surface area contributed by atoms with E-state index in [1.54, 1.807) is 0 Å². The molecule has 0 saturated carbocycles. The van der Waals surface area contributed by atoms with Gasteiger partial charge in [-0.1, -0.05) is 13.8 Å². The van der Waals surface area contributed by atoms with E-state index in [0.717, 1.165) is 24.9 Å². The first-order valence-electron chi connectivity index (χ1n) is 6.26. The molecule has 1 aliphatic heterocycles. The Kier molecular flexibility index (Phi) is 5.07. The van der Waals surface area contributed by atoms with Gasteiger partial charge in [0.05, 0.1) is 24.9 Å². The molecular formula is C13H26O2. The molecule has 15 heavy (non-hydrogen) atoms. The van der Waals surface area contributed by atoms with Crippen LogP contribution in [0, 0.1) is 11.8 Å². The second-order valence-corrected chi connectivity index (χ2v) is 5.43. The zero-order chi connectivity index (χ0) is 11.4. The molecule has 0 aromatic rings. The molecule has 1 rings (SSSR count). The number of hydrogen-bond donors (Lipinski definition) is 0. The number of hydrogen-bond acceptors (Lipinski definition) is 2. The Morgan fingerprint density at radius 1 is 1.20 bits per heavy atom. The van der Waals surface area contributed by atoms with Gasteiger partial charge in [0.2, 0.25) is 0 Å². The highest BCUT2D eigenvalue weighted by Crippen LogP contribution is 2.30. The summed E-state index contributed by atoms with van der Waals surface area (Å²) in [4.78, 5) is 0. The van der Waals surface area contributed by atoms with E-state index in [0.29, 0.717) is 18.3 Å². The summed E-state index contributed by atoms with van der Waals surface area (Å²) in [5.41, 5.74) is 0. The first-order valence-corrected chi connectivity index (χ1v) is 6.26. The van der Waals surface area contributed by atoms with E-state index in [4.69, 9.17) is 9.47 Å². The maximum absolute atomic E-state index is 5.89. The summed E-state index contributed by atoms with van der Waals surface area (Å²) in [7, 11) is 0. The predicted molar refractivity (Wildman–Crippen MR) is 63.0 cm³/mol. The van der Waals surface area contributed by atoms with Gasteiger partial charge < -0.3 is 9.47 Å². The van der Waals surface area contributed by atoms with Gasteiger partial charge in [0.25, 0.3) is 0 Å². The van der Waals surface area contributed by atoms with Gasteiger partial charge in [0.1, 0.15) is 0 Å². The Morgan fingerprint density at radius 3 is 2.40 bits per heavy atom. The lowest BCUT2D eigenvalue weighted by Gasteiger charge is -2.36. The summed E-state index contributed by atoms with van der Waals surface area (Å²) >= 11 is 0. The van der Waals surface area contributed by atoms with Crippen molar-refractivity contribution in [2.45, 2.75) is 65.8 Å². The second kappa shape index (κ2) is 5.86. The minimum Gasteiger partial charge on any atom is -0.376 e. The van der Waals surface area contributed by atoms with E-state index < -0.39 is 0 Å². The fourth-order valence-corrected chi connectivity index (χ4v) is 2.25. The summed E-state index contributed by atoms with van der Waals surface area (Å²) in [5, 5.41) is 0. The third-order valence-electron chi connectivity index (χ3n) is 3.18. The van der Waals surface area contributed by atoms with Gasteiger partial charge in [-0.3, -0.25) is 0 Å². The van der Waals surface area contributed by atoms with Crippen LogP contribution in [0.15, 0.2) is 0 Å². The van der Waals surface area contributed by atoms with E-state index in [2.05, 4.69) is 34.6 Å². The molecule has 0 aliphatic carbocycles. The largest absolute Gasteiger partial charge is 0.376 e. The van der Waals surface area contributed by atoms with Crippen LogP contribution >= 0.6 is 0 Å². The quantitative estimate of drug-likeness (QED) is 0.715. The molecule has 90 valence electrons. The monoisotopic (exact) mass is 214 g/mol. The average Bonchev–Trinajstić information content (AvgIpc) is 2.13. The van der Waals surface area contributed by atoms with Crippen LogP contribution in [0.2, 0.25) is 0 Å². The van der Waals surface area contributed by atoms with E-state index in [-0.39, 0.29) is 0 Å². The fourth-order valence-electron chi connectivity index (χ4n) is 2.25. The Balaban J connectivity index is 2.37. The highest BCUT2D eigenvalue weighted by atomic mass is 16.5. The third kappa shape index (κ3) is 4.52. The topological polar surface area (TPSA) is 18.5 Å². The van der Waals surface area contributed by atoms with Crippen LogP contribution in [0.1, 0.15) is 47.5 Å². The van der Waals surface area contributed by atoms with Gasteiger partial charge >= 0.3 is 0 Å². The lowest BCUT2D eigenvalue weighted by molar-refractivity contribution is -0.109. The van der Waals surface area contributed by atoms with E-state index in [1.807, 2.05) is 0 Å². The minimum atomic E-state index is 0.309. The third-order valence-corrected chi connectivity index (χ3v) is 3.18. The molecule has 1 fully saturated rings. The van der Waals surface area contributed by atoms with Crippen LogP contribution in [0.5, 0.6) is 0 Å². The average molecular weight is 214 g/mol. The van der Waals surface area contributed by atoms with E-state index in [1.165, 1.54) is 6.42 Å². The molecule has 1 aliphatic rings. The Hall–Kier alpha value is -0.0800. The van der Waals surface area contributed by atoms with Gasteiger partial charge in [0, 0.05) is 0 Å². The highest BCUT2D eigenvalue weighted by molar-refractivity contribution is 4.77. The zero-order valence-electron chi connectivity index (χ0n) is 10.8. The van der Waals surface area contributed by atoms with Crippen molar-refractivity contribution in [3.8, 4) is 0 Å². The summed E-state index contributed by atoms with van der Waals surface area (Å²) in [6.45, 7) is 11.7. The molecular weight excluding hydrogens is 188 g/mol. The van der Waals surface area contributed by atoms with Crippen LogP contribution < -0.4 is 0 Å².